The van der Waals surface area contributed by atoms with Gasteiger partial charge in [0.25, 0.3) is 0 Å². The van der Waals surface area contributed by atoms with Gasteiger partial charge in [0.05, 0.1) is 0 Å². The van der Waals surface area contributed by atoms with Crippen LogP contribution in [0.3, 0.4) is 0 Å². The third kappa shape index (κ3) is 2.05. The van der Waals surface area contributed by atoms with Crippen molar-refractivity contribution < 1.29 is 4.39 Å². The van der Waals surface area contributed by atoms with E-state index in [4.69, 9.17) is 5.73 Å². The summed E-state index contributed by atoms with van der Waals surface area (Å²) in [4.78, 5) is 0. The molecule has 2 atom stereocenters. The minimum atomic E-state index is -1.33. The monoisotopic (exact) mass is 222 g/mol. The Morgan fingerprint density at radius 3 is 2.81 bits per heavy atom. The highest BCUT2D eigenvalue weighted by Gasteiger charge is 2.37. The quantitative estimate of drug-likeness (QED) is 0.754. The van der Waals surface area contributed by atoms with Crippen molar-refractivity contribution in [1.82, 2.24) is 5.32 Å². The molecule has 1 fully saturated rings. The summed E-state index contributed by atoms with van der Waals surface area (Å²) in [7, 11) is 0. The van der Waals surface area contributed by atoms with E-state index in [-0.39, 0.29) is 5.92 Å². The summed E-state index contributed by atoms with van der Waals surface area (Å²) in [6.45, 7) is 3.38. The van der Waals surface area contributed by atoms with Gasteiger partial charge in [0.15, 0.2) is 0 Å². The number of anilines is 1. The van der Waals surface area contributed by atoms with Gasteiger partial charge in [-0.3, -0.25) is 0 Å². The fourth-order valence-corrected chi connectivity index (χ4v) is 2.48. The minimum absolute atomic E-state index is 0.0194. The van der Waals surface area contributed by atoms with Crippen LogP contribution in [-0.4, -0.2) is 13.1 Å². The van der Waals surface area contributed by atoms with E-state index in [1.165, 1.54) is 0 Å². The second-order valence-corrected chi connectivity index (χ2v) is 4.71. The summed E-state index contributed by atoms with van der Waals surface area (Å²) in [5, 5.41) is 3.25. The van der Waals surface area contributed by atoms with Crippen LogP contribution >= 0.6 is 0 Å². The molecule has 1 heterocycles. The lowest BCUT2D eigenvalue weighted by molar-refractivity contribution is 0.0820. The Kier molecular flexibility index (Phi) is 3.15. The molecule has 1 aliphatic rings. The van der Waals surface area contributed by atoms with E-state index in [2.05, 4.69) is 5.32 Å². The molecule has 3 heteroatoms. The molecule has 88 valence electrons. The summed E-state index contributed by atoms with van der Waals surface area (Å²) >= 11 is 0. The number of alkyl halides is 1. The molecule has 1 aromatic carbocycles. The van der Waals surface area contributed by atoms with Gasteiger partial charge in [-0.1, -0.05) is 18.2 Å². The minimum Gasteiger partial charge on any atom is -0.398 e. The molecule has 2 nitrogen and oxygen atoms in total. The first-order valence-corrected chi connectivity index (χ1v) is 5.87. The van der Waals surface area contributed by atoms with Crippen molar-refractivity contribution in [2.24, 2.45) is 5.92 Å². The zero-order valence-corrected chi connectivity index (χ0v) is 9.67. The van der Waals surface area contributed by atoms with Crippen LogP contribution in [0, 0.1) is 5.92 Å². The van der Waals surface area contributed by atoms with Crippen LogP contribution < -0.4 is 11.1 Å². The lowest BCUT2D eigenvalue weighted by Crippen LogP contribution is -2.40. The van der Waals surface area contributed by atoms with Crippen LogP contribution in [-0.2, 0) is 5.67 Å². The Bertz CT molecular complexity index is 357. The predicted octanol–water partition coefficient (Wildman–Crippen LogP) is 2.45. The van der Waals surface area contributed by atoms with Crippen LogP contribution in [0.2, 0.25) is 0 Å². The number of para-hydroxylation sites is 1. The summed E-state index contributed by atoms with van der Waals surface area (Å²) in [5.41, 5.74) is 5.70. The van der Waals surface area contributed by atoms with Crippen molar-refractivity contribution in [3.63, 3.8) is 0 Å². The van der Waals surface area contributed by atoms with E-state index in [0.717, 1.165) is 25.9 Å². The zero-order chi connectivity index (χ0) is 11.6. The molecule has 3 N–H and O–H groups in total. The van der Waals surface area contributed by atoms with Crippen LogP contribution in [0.25, 0.3) is 0 Å². The molecule has 1 aromatic rings. The normalized spacial score (nSPS) is 25.0. The van der Waals surface area contributed by atoms with E-state index in [9.17, 15) is 4.39 Å². The summed E-state index contributed by atoms with van der Waals surface area (Å²) < 4.78 is 14.8. The molecule has 0 aliphatic carbocycles. The first-order valence-electron chi connectivity index (χ1n) is 5.87. The maximum absolute atomic E-state index is 14.8. The van der Waals surface area contributed by atoms with Gasteiger partial charge in [-0.05, 0) is 32.4 Å². The molecular formula is C13H19FN2. The Labute approximate surface area is 96.0 Å². The van der Waals surface area contributed by atoms with E-state index in [0.29, 0.717) is 11.3 Å². The lowest BCUT2D eigenvalue weighted by atomic mass is 9.79. The van der Waals surface area contributed by atoms with Crippen LogP contribution in [0.15, 0.2) is 24.3 Å². The molecule has 0 amide bonds. The second-order valence-electron chi connectivity index (χ2n) is 4.71. The molecule has 0 radical (unpaired) electrons. The Balaban J connectivity index is 2.26. The first kappa shape index (κ1) is 11.4. The number of hydrogen-bond acceptors (Lipinski definition) is 2. The van der Waals surface area contributed by atoms with Crippen LogP contribution in [0.5, 0.6) is 0 Å². The molecule has 1 aliphatic heterocycles. The molecule has 1 saturated heterocycles. The third-order valence-corrected chi connectivity index (χ3v) is 3.55. The van der Waals surface area contributed by atoms with Gasteiger partial charge in [0, 0.05) is 23.7 Å². The molecule has 0 aromatic heterocycles. The highest BCUT2D eigenvalue weighted by molar-refractivity contribution is 5.49. The van der Waals surface area contributed by atoms with E-state index in [1.54, 1.807) is 19.1 Å². The van der Waals surface area contributed by atoms with Crippen molar-refractivity contribution in [3.05, 3.63) is 29.8 Å². The number of nitrogens with two attached hydrogens (primary N) is 1. The summed E-state index contributed by atoms with van der Waals surface area (Å²) in [6.07, 6.45) is 1.96. The maximum Gasteiger partial charge on any atom is 0.139 e. The number of hydrogen-bond donors (Lipinski definition) is 2. The average Bonchev–Trinajstić information content (AvgIpc) is 2.30. The van der Waals surface area contributed by atoms with Gasteiger partial charge >= 0.3 is 0 Å². The van der Waals surface area contributed by atoms with Crippen molar-refractivity contribution in [3.8, 4) is 0 Å². The van der Waals surface area contributed by atoms with Gasteiger partial charge in [-0.2, -0.15) is 0 Å². The maximum atomic E-state index is 14.8. The predicted molar refractivity (Wildman–Crippen MR) is 64.9 cm³/mol. The highest BCUT2D eigenvalue weighted by Crippen LogP contribution is 2.39. The topological polar surface area (TPSA) is 38.0 Å². The Morgan fingerprint density at radius 2 is 2.19 bits per heavy atom. The van der Waals surface area contributed by atoms with Crippen molar-refractivity contribution in [1.29, 1.82) is 0 Å². The van der Waals surface area contributed by atoms with Gasteiger partial charge in [0.2, 0.25) is 0 Å². The summed E-state index contributed by atoms with van der Waals surface area (Å²) in [5.74, 6) is 0.0194. The third-order valence-electron chi connectivity index (χ3n) is 3.55. The smallest absolute Gasteiger partial charge is 0.139 e. The number of nitrogen functional groups attached to an aromatic ring is 1. The Hall–Kier alpha value is -1.09. The van der Waals surface area contributed by atoms with Crippen LogP contribution in [0.4, 0.5) is 10.1 Å². The van der Waals surface area contributed by atoms with Crippen molar-refractivity contribution in [2.75, 3.05) is 18.8 Å². The van der Waals surface area contributed by atoms with Gasteiger partial charge in [-0.15, -0.1) is 0 Å². The molecule has 2 rings (SSSR count). The van der Waals surface area contributed by atoms with Gasteiger partial charge in [-0.25, -0.2) is 4.39 Å². The largest absolute Gasteiger partial charge is 0.398 e. The van der Waals surface area contributed by atoms with E-state index < -0.39 is 5.67 Å². The highest BCUT2D eigenvalue weighted by atomic mass is 19.1. The van der Waals surface area contributed by atoms with Gasteiger partial charge < -0.3 is 11.1 Å². The molecule has 0 saturated carbocycles. The zero-order valence-electron chi connectivity index (χ0n) is 9.67. The molecule has 2 unspecified atom stereocenters. The number of rotatable bonds is 2. The summed E-state index contributed by atoms with van der Waals surface area (Å²) in [6, 6.07) is 7.25. The standard InChI is InChI=1S/C13H19FN2/c1-13(14,10-5-4-8-16-9-10)11-6-2-3-7-12(11)15/h2-3,6-7,10,16H,4-5,8-9,15H2,1H3. The van der Waals surface area contributed by atoms with Crippen LogP contribution in [0.1, 0.15) is 25.3 Å². The van der Waals surface area contributed by atoms with E-state index >= 15 is 0 Å². The molecule has 0 spiro atoms. The fourth-order valence-electron chi connectivity index (χ4n) is 2.48. The van der Waals surface area contributed by atoms with Gasteiger partial charge in [0.1, 0.15) is 5.67 Å². The number of benzene rings is 1. The molecular weight excluding hydrogens is 203 g/mol. The SMILES string of the molecule is CC(F)(c1ccccc1N)C1CCCNC1. The number of nitrogens with one attached hydrogen (secondary N) is 1. The number of halogens is 1. The second kappa shape index (κ2) is 4.42. The lowest BCUT2D eigenvalue weighted by Gasteiger charge is -2.34. The van der Waals surface area contributed by atoms with E-state index in [1.807, 2.05) is 12.1 Å². The average molecular weight is 222 g/mol. The molecule has 16 heavy (non-hydrogen) atoms. The first-order chi connectivity index (χ1) is 7.62. The fraction of sp³-hybridized carbons (Fsp3) is 0.538. The van der Waals surface area contributed by atoms with Crippen molar-refractivity contribution >= 4 is 5.69 Å². The number of piperidine rings is 1. The Morgan fingerprint density at radius 1 is 1.44 bits per heavy atom. The molecule has 0 bridgehead atoms. The van der Waals surface area contributed by atoms with Crippen molar-refractivity contribution in [2.45, 2.75) is 25.4 Å².